The van der Waals surface area contributed by atoms with Crippen LogP contribution in [-0.4, -0.2) is 23.3 Å². The van der Waals surface area contributed by atoms with Crippen molar-refractivity contribution < 1.29 is 14.6 Å². The van der Waals surface area contributed by atoms with Crippen molar-refractivity contribution in [2.45, 2.75) is 72.5 Å². The molecule has 0 unspecified atom stereocenters. The topological polar surface area (TPSA) is 46.5 Å². The van der Waals surface area contributed by atoms with Gasteiger partial charge in [0.1, 0.15) is 6.10 Å². The number of rotatable bonds is 5. The van der Waals surface area contributed by atoms with Crippen LogP contribution >= 0.6 is 0 Å². The molecule has 3 heteroatoms. The van der Waals surface area contributed by atoms with Crippen LogP contribution in [0.3, 0.4) is 0 Å². The molecule has 2 atom stereocenters. The van der Waals surface area contributed by atoms with E-state index in [-0.39, 0.29) is 11.4 Å². The smallest absolute Gasteiger partial charge is 0.303 e. The summed E-state index contributed by atoms with van der Waals surface area (Å²) in [5.41, 5.74) is -0.281. The first-order valence-corrected chi connectivity index (χ1v) is 6.63. The summed E-state index contributed by atoms with van der Waals surface area (Å²) in [5, 5.41) is 9.83. The Morgan fingerprint density at radius 3 is 2.33 bits per heavy atom. The van der Waals surface area contributed by atoms with Gasteiger partial charge in [-0.2, -0.15) is 0 Å². The second-order valence-electron chi connectivity index (χ2n) is 5.65. The van der Waals surface area contributed by atoms with Crippen molar-refractivity contribution in [3.05, 3.63) is 0 Å². The third-order valence-electron chi connectivity index (χ3n) is 2.58. The molecular weight excluding hydrogens is 228 g/mol. The van der Waals surface area contributed by atoms with E-state index in [2.05, 4.69) is 18.8 Å². The molecular formula is C15H26O3. The Labute approximate surface area is 111 Å². The molecule has 0 saturated carbocycles. The Hall–Kier alpha value is -1.01. The molecule has 0 aromatic heterocycles. The van der Waals surface area contributed by atoms with Crippen molar-refractivity contribution in [3.8, 4) is 11.8 Å². The van der Waals surface area contributed by atoms with Crippen LogP contribution in [0.5, 0.6) is 0 Å². The molecule has 0 aromatic carbocycles. The number of esters is 1. The summed E-state index contributed by atoms with van der Waals surface area (Å²) < 4.78 is 5.14. The Morgan fingerprint density at radius 2 is 1.89 bits per heavy atom. The lowest BCUT2D eigenvalue weighted by molar-refractivity contribution is -0.144. The van der Waals surface area contributed by atoms with Gasteiger partial charge in [-0.05, 0) is 18.3 Å². The number of hydrogen-bond acceptors (Lipinski definition) is 3. The van der Waals surface area contributed by atoms with Crippen molar-refractivity contribution in [2.75, 3.05) is 0 Å². The second kappa shape index (κ2) is 8.16. The van der Waals surface area contributed by atoms with Crippen LogP contribution < -0.4 is 0 Å². The highest BCUT2D eigenvalue weighted by atomic mass is 16.5. The average Bonchev–Trinajstić information content (AvgIpc) is 2.23. The molecule has 0 heterocycles. The third kappa shape index (κ3) is 8.14. The Bertz CT molecular complexity index is 304. The van der Waals surface area contributed by atoms with Crippen molar-refractivity contribution in [1.82, 2.24) is 0 Å². The van der Waals surface area contributed by atoms with E-state index in [1.165, 1.54) is 6.92 Å². The van der Waals surface area contributed by atoms with Crippen LogP contribution in [0.4, 0.5) is 0 Å². The molecule has 0 radical (unpaired) electrons. The minimum Gasteiger partial charge on any atom is -0.449 e. The molecule has 3 nitrogen and oxygen atoms in total. The number of ether oxygens (including phenoxy) is 1. The monoisotopic (exact) mass is 254 g/mol. The zero-order valence-corrected chi connectivity index (χ0v) is 12.2. The predicted molar refractivity (Wildman–Crippen MR) is 72.9 cm³/mol. The maximum Gasteiger partial charge on any atom is 0.303 e. The van der Waals surface area contributed by atoms with Gasteiger partial charge in [0.05, 0.1) is 0 Å². The largest absolute Gasteiger partial charge is 0.449 e. The number of hydrogen-bond donors (Lipinski definition) is 1. The third-order valence-corrected chi connectivity index (χ3v) is 2.58. The van der Waals surface area contributed by atoms with E-state index in [1.807, 2.05) is 20.8 Å². The molecule has 0 aromatic rings. The number of carbonyl (C=O) groups excluding carboxylic acids is 1. The fraction of sp³-hybridized carbons (Fsp3) is 0.800. The summed E-state index contributed by atoms with van der Waals surface area (Å²) in [6.07, 6.45) is 2.82. The lowest BCUT2D eigenvalue weighted by Crippen LogP contribution is -2.25. The molecule has 0 amide bonds. The fourth-order valence-electron chi connectivity index (χ4n) is 1.33. The summed E-state index contributed by atoms with van der Waals surface area (Å²) in [7, 11) is 0. The van der Waals surface area contributed by atoms with Crippen molar-refractivity contribution in [2.24, 2.45) is 5.41 Å². The molecule has 0 aliphatic heterocycles. The molecule has 18 heavy (non-hydrogen) atoms. The zero-order valence-electron chi connectivity index (χ0n) is 12.2. The van der Waals surface area contributed by atoms with Crippen molar-refractivity contribution >= 4 is 5.97 Å². The van der Waals surface area contributed by atoms with Gasteiger partial charge in [0.25, 0.3) is 0 Å². The highest BCUT2D eigenvalue weighted by Gasteiger charge is 2.20. The van der Waals surface area contributed by atoms with Gasteiger partial charge in [0.2, 0.25) is 0 Å². The molecule has 0 aliphatic carbocycles. The number of unbranched alkanes of at least 4 members (excludes halogenated alkanes) is 2. The van der Waals surface area contributed by atoms with E-state index in [0.717, 1.165) is 25.7 Å². The highest BCUT2D eigenvalue weighted by molar-refractivity contribution is 5.66. The number of aliphatic hydroxyl groups excluding tert-OH is 1. The zero-order chi connectivity index (χ0) is 14.2. The number of aliphatic hydroxyl groups is 1. The first-order chi connectivity index (χ1) is 8.27. The van der Waals surface area contributed by atoms with Crippen molar-refractivity contribution in [3.63, 3.8) is 0 Å². The quantitative estimate of drug-likeness (QED) is 0.466. The summed E-state index contributed by atoms with van der Waals surface area (Å²) in [6, 6.07) is 0. The summed E-state index contributed by atoms with van der Waals surface area (Å²) >= 11 is 0. The van der Waals surface area contributed by atoms with E-state index < -0.39 is 12.2 Å². The molecule has 0 spiro atoms. The van der Waals surface area contributed by atoms with Gasteiger partial charge < -0.3 is 9.84 Å². The van der Waals surface area contributed by atoms with E-state index in [4.69, 9.17) is 4.74 Å². The van der Waals surface area contributed by atoms with Gasteiger partial charge in [-0.1, -0.05) is 52.4 Å². The average molecular weight is 254 g/mol. The first-order valence-electron chi connectivity index (χ1n) is 6.63. The van der Waals surface area contributed by atoms with E-state index >= 15 is 0 Å². The van der Waals surface area contributed by atoms with Crippen LogP contribution in [0.15, 0.2) is 0 Å². The molecule has 0 bridgehead atoms. The molecule has 0 aliphatic rings. The summed E-state index contributed by atoms with van der Waals surface area (Å²) in [5.74, 6) is 5.33. The van der Waals surface area contributed by atoms with Crippen LogP contribution in [0, 0.1) is 17.3 Å². The summed E-state index contributed by atoms with van der Waals surface area (Å²) in [4.78, 5) is 11.0. The van der Waals surface area contributed by atoms with Gasteiger partial charge in [0.15, 0.2) is 6.10 Å². The van der Waals surface area contributed by atoms with Crippen LogP contribution in [-0.2, 0) is 9.53 Å². The Morgan fingerprint density at radius 1 is 1.28 bits per heavy atom. The molecule has 0 saturated heterocycles. The number of carbonyl (C=O) groups is 1. The lowest BCUT2D eigenvalue weighted by Gasteiger charge is -2.21. The minimum atomic E-state index is -0.707. The normalized spacial score (nSPS) is 14.3. The predicted octanol–water partition coefficient (Wildman–Crippen LogP) is 2.91. The highest BCUT2D eigenvalue weighted by Crippen LogP contribution is 2.18. The van der Waals surface area contributed by atoms with Crippen LogP contribution in [0.1, 0.15) is 60.3 Å². The second-order valence-corrected chi connectivity index (χ2v) is 5.65. The first kappa shape index (κ1) is 17.0. The SMILES string of the molecule is CCCCC[C@@H](C#C[C@@H](O)C(C)(C)C)OC(C)=O. The van der Waals surface area contributed by atoms with Crippen LogP contribution in [0.2, 0.25) is 0 Å². The fourth-order valence-corrected chi connectivity index (χ4v) is 1.33. The van der Waals surface area contributed by atoms with Crippen molar-refractivity contribution in [1.29, 1.82) is 0 Å². The van der Waals surface area contributed by atoms with Gasteiger partial charge in [-0.15, -0.1) is 0 Å². The van der Waals surface area contributed by atoms with Gasteiger partial charge in [-0.25, -0.2) is 0 Å². The van der Waals surface area contributed by atoms with Gasteiger partial charge in [-0.3, -0.25) is 4.79 Å². The molecule has 0 fully saturated rings. The van der Waals surface area contributed by atoms with Crippen LogP contribution in [0.25, 0.3) is 0 Å². The van der Waals surface area contributed by atoms with E-state index in [0.29, 0.717) is 0 Å². The molecule has 0 rings (SSSR count). The summed E-state index contributed by atoms with van der Waals surface area (Å²) in [6.45, 7) is 9.27. The standard InChI is InChI=1S/C15H26O3/c1-6-7-8-9-13(18-12(2)16)10-11-14(17)15(3,4)5/h13-14,17H,6-9H2,1-5H3/t13-,14+/m0/s1. The maximum absolute atomic E-state index is 11.0. The van der Waals surface area contributed by atoms with E-state index in [1.54, 1.807) is 0 Å². The maximum atomic E-state index is 11.0. The lowest BCUT2D eigenvalue weighted by atomic mass is 9.89. The van der Waals surface area contributed by atoms with Gasteiger partial charge in [0, 0.05) is 6.92 Å². The van der Waals surface area contributed by atoms with E-state index in [9.17, 15) is 9.90 Å². The molecule has 104 valence electrons. The minimum absolute atomic E-state index is 0.281. The van der Waals surface area contributed by atoms with Gasteiger partial charge >= 0.3 is 5.97 Å². The molecule has 1 N–H and O–H groups in total. The Balaban J connectivity index is 4.48. The Kier molecular flexibility index (Phi) is 7.70.